The van der Waals surface area contributed by atoms with Gasteiger partial charge in [0.15, 0.2) is 0 Å². The van der Waals surface area contributed by atoms with Gasteiger partial charge in [0.2, 0.25) is 0 Å². The minimum Gasteiger partial charge on any atom is -0.384 e. The Morgan fingerprint density at radius 2 is 2.35 bits per heavy atom. The lowest BCUT2D eigenvalue weighted by molar-refractivity contribution is 0.0946. The van der Waals surface area contributed by atoms with E-state index in [9.17, 15) is 9.59 Å². The molecule has 6 nitrogen and oxygen atoms in total. The monoisotopic (exact) mass is 289 g/mol. The van der Waals surface area contributed by atoms with Crippen LogP contribution in [0, 0.1) is 11.8 Å². The van der Waals surface area contributed by atoms with Crippen molar-refractivity contribution >= 4 is 17.2 Å². The molecule has 2 aromatic heterocycles. The van der Waals surface area contributed by atoms with Crippen molar-refractivity contribution < 1.29 is 9.90 Å². The predicted molar refractivity (Wildman–Crippen MR) is 74.3 cm³/mol. The lowest BCUT2D eigenvalue weighted by Crippen LogP contribution is -2.24. The van der Waals surface area contributed by atoms with Gasteiger partial charge in [0.25, 0.3) is 11.5 Å². The molecule has 0 aliphatic carbocycles. The van der Waals surface area contributed by atoms with Crippen LogP contribution < -0.4 is 10.9 Å². The van der Waals surface area contributed by atoms with E-state index in [0.717, 1.165) is 16.0 Å². The van der Waals surface area contributed by atoms with E-state index in [1.165, 1.54) is 17.5 Å². The molecule has 0 saturated heterocycles. The van der Waals surface area contributed by atoms with Crippen molar-refractivity contribution in [2.45, 2.75) is 6.54 Å². The van der Waals surface area contributed by atoms with Gasteiger partial charge in [-0.3, -0.25) is 9.59 Å². The molecule has 0 spiro atoms. The zero-order valence-corrected chi connectivity index (χ0v) is 11.2. The highest BCUT2D eigenvalue weighted by atomic mass is 32.1. The summed E-state index contributed by atoms with van der Waals surface area (Å²) in [5.41, 5.74) is -0.201. The molecule has 0 atom stereocenters. The maximum absolute atomic E-state index is 11.8. The zero-order chi connectivity index (χ0) is 14.4. The van der Waals surface area contributed by atoms with Crippen molar-refractivity contribution in [1.29, 1.82) is 0 Å². The highest BCUT2D eigenvalue weighted by Crippen LogP contribution is 2.15. The number of amides is 1. The van der Waals surface area contributed by atoms with Crippen molar-refractivity contribution in [1.82, 2.24) is 15.3 Å². The van der Waals surface area contributed by atoms with Crippen LogP contribution in [0.1, 0.15) is 20.2 Å². The molecule has 0 saturated carbocycles. The van der Waals surface area contributed by atoms with Crippen LogP contribution in [0.2, 0.25) is 0 Å². The molecule has 20 heavy (non-hydrogen) atoms. The van der Waals surface area contributed by atoms with E-state index >= 15 is 0 Å². The summed E-state index contributed by atoms with van der Waals surface area (Å²) in [6.07, 6.45) is 2.33. The topological polar surface area (TPSA) is 95.1 Å². The Bertz CT molecular complexity index is 704. The van der Waals surface area contributed by atoms with E-state index in [1.54, 1.807) is 0 Å². The Hall–Kier alpha value is -2.43. The van der Waals surface area contributed by atoms with E-state index < -0.39 is 0 Å². The first kappa shape index (κ1) is 14.0. The molecule has 2 rings (SSSR count). The highest BCUT2D eigenvalue weighted by Gasteiger charge is 2.07. The molecule has 0 radical (unpaired) electrons. The fourth-order valence-electron chi connectivity index (χ4n) is 1.39. The summed E-state index contributed by atoms with van der Waals surface area (Å²) in [6.45, 7) is 0.174. The second-order valence-electron chi connectivity index (χ2n) is 3.70. The number of hydrogen-bond acceptors (Lipinski definition) is 5. The van der Waals surface area contributed by atoms with Crippen molar-refractivity contribution in [2.24, 2.45) is 0 Å². The van der Waals surface area contributed by atoms with E-state index in [-0.39, 0.29) is 23.8 Å². The van der Waals surface area contributed by atoms with Crippen LogP contribution in [0.4, 0.5) is 0 Å². The number of rotatable bonds is 3. The van der Waals surface area contributed by atoms with Gasteiger partial charge in [-0.25, -0.2) is 4.98 Å². The summed E-state index contributed by atoms with van der Waals surface area (Å²) >= 11 is 1.43. The number of carbonyl (C=O) groups is 1. The number of carbonyl (C=O) groups excluding carboxylic acids is 1. The van der Waals surface area contributed by atoms with Crippen molar-refractivity contribution in [3.8, 4) is 11.8 Å². The molecule has 102 valence electrons. The normalized spacial score (nSPS) is 9.65. The Labute approximate surface area is 118 Å². The quantitative estimate of drug-likeness (QED) is 0.699. The minimum absolute atomic E-state index is 0.154. The van der Waals surface area contributed by atoms with Gasteiger partial charge < -0.3 is 15.4 Å². The number of aliphatic hydroxyl groups is 1. The first-order valence-corrected chi connectivity index (χ1v) is 6.52. The van der Waals surface area contributed by atoms with E-state index in [0.29, 0.717) is 6.54 Å². The summed E-state index contributed by atoms with van der Waals surface area (Å²) in [6, 6.07) is 3.68. The molecule has 0 aliphatic rings. The van der Waals surface area contributed by atoms with E-state index in [4.69, 9.17) is 5.11 Å². The number of aromatic nitrogens is 2. The summed E-state index contributed by atoms with van der Waals surface area (Å²) < 4.78 is 0. The van der Waals surface area contributed by atoms with Gasteiger partial charge >= 0.3 is 0 Å². The van der Waals surface area contributed by atoms with Crippen LogP contribution in [0.25, 0.3) is 0 Å². The molecule has 7 heteroatoms. The second kappa shape index (κ2) is 6.65. The summed E-state index contributed by atoms with van der Waals surface area (Å²) in [5.74, 6) is 4.99. The van der Waals surface area contributed by atoms with Crippen LogP contribution in [0.15, 0.2) is 29.3 Å². The van der Waals surface area contributed by atoms with Crippen LogP contribution in [0.5, 0.6) is 0 Å². The summed E-state index contributed by atoms with van der Waals surface area (Å²) in [4.78, 5) is 30.5. The first-order valence-electron chi connectivity index (χ1n) is 5.70. The summed E-state index contributed by atoms with van der Waals surface area (Å²) in [5, 5.41) is 11.3. The van der Waals surface area contributed by atoms with Crippen molar-refractivity contribution in [2.75, 3.05) is 6.61 Å². The maximum atomic E-state index is 11.8. The third kappa shape index (κ3) is 3.78. The largest absolute Gasteiger partial charge is 0.384 e. The Morgan fingerprint density at radius 3 is 3.05 bits per heavy atom. The van der Waals surface area contributed by atoms with Crippen molar-refractivity contribution in [3.05, 3.63) is 50.3 Å². The molecule has 0 aliphatic heterocycles. The highest BCUT2D eigenvalue weighted by molar-refractivity contribution is 7.12. The SMILES string of the molecule is O=C(NCc1ccc(C#CCO)s1)c1c[nH]c(=O)cn1. The Kier molecular flexibility index (Phi) is 4.65. The van der Waals surface area contributed by atoms with Gasteiger partial charge in [0.05, 0.1) is 17.6 Å². The third-order valence-corrected chi connectivity index (χ3v) is 3.28. The zero-order valence-electron chi connectivity index (χ0n) is 10.3. The molecule has 0 unspecified atom stereocenters. The molecule has 0 fully saturated rings. The van der Waals surface area contributed by atoms with Gasteiger partial charge in [-0.05, 0) is 12.1 Å². The third-order valence-electron chi connectivity index (χ3n) is 2.28. The number of nitrogens with zero attached hydrogens (tertiary/aromatic N) is 1. The van der Waals surface area contributed by atoms with Gasteiger partial charge in [0.1, 0.15) is 12.3 Å². The lowest BCUT2D eigenvalue weighted by Gasteiger charge is -2.01. The van der Waals surface area contributed by atoms with Crippen LogP contribution in [0.3, 0.4) is 0 Å². The van der Waals surface area contributed by atoms with Crippen LogP contribution >= 0.6 is 11.3 Å². The number of H-pyrrole nitrogens is 1. The number of thiophene rings is 1. The second-order valence-corrected chi connectivity index (χ2v) is 4.87. The maximum Gasteiger partial charge on any atom is 0.271 e. The molecular formula is C13H11N3O3S. The Morgan fingerprint density at radius 1 is 1.50 bits per heavy atom. The number of aliphatic hydroxyl groups excluding tert-OH is 1. The number of nitrogens with one attached hydrogen (secondary N) is 2. The Balaban J connectivity index is 1.94. The molecule has 2 aromatic rings. The van der Waals surface area contributed by atoms with Crippen molar-refractivity contribution in [3.63, 3.8) is 0 Å². The van der Waals surface area contributed by atoms with Gasteiger partial charge in [-0.1, -0.05) is 11.8 Å². The van der Waals surface area contributed by atoms with Gasteiger partial charge in [0, 0.05) is 11.1 Å². The molecule has 0 aromatic carbocycles. The minimum atomic E-state index is -0.363. The van der Waals surface area contributed by atoms with E-state index in [2.05, 4.69) is 27.1 Å². The number of hydrogen-bond donors (Lipinski definition) is 3. The number of aromatic amines is 1. The average Bonchev–Trinajstić information content (AvgIpc) is 2.91. The van der Waals surface area contributed by atoms with Gasteiger partial charge in [-0.15, -0.1) is 11.3 Å². The van der Waals surface area contributed by atoms with Crippen LogP contribution in [-0.4, -0.2) is 27.6 Å². The molecule has 2 heterocycles. The molecule has 0 bridgehead atoms. The fraction of sp³-hybridized carbons (Fsp3) is 0.154. The summed E-state index contributed by atoms with van der Waals surface area (Å²) in [7, 11) is 0. The smallest absolute Gasteiger partial charge is 0.271 e. The van der Waals surface area contributed by atoms with Crippen LogP contribution in [-0.2, 0) is 6.54 Å². The lowest BCUT2D eigenvalue weighted by atomic mass is 10.4. The predicted octanol–water partition coefficient (Wildman–Crippen LogP) is 0.105. The standard InChI is InChI=1S/C13H11N3O3S/c17-5-1-2-9-3-4-10(20-9)6-16-13(19)11-7-15-12(18)8-14-11/h3-4,7-8,17H,5-6H2,(H,15,18)(H,16,19). The first-order chi connectivity index (χ1) is 9.69. The average molecular weight is 289 g/mol. The molecular weight excluding hydrogens is 278 g/mol. The molecule has 1 amide bonds. The van der Waals surface area contributed by atoms with E-state index in [1.807, 2.05) is 12.1 Å². The fourth-order valence-corrected chi connectivity index (χ4v) is 2.21. The molecule has 3 N–H and O–H groups in total. The van der Waals surface area contributed by atoms with Gasteiger partial charge in [-0.2, -0.15) is 0 Å².